The molecule has 1 fully saturated rings. The van der Waals surface area contributed by atoms with Gasteiger partial charge in [-0.3, -0.25) is 4.79 Å². The van der Waals surface area contributed by atoms with Crippen molar-refractivity contribution in [3.8, 4) is 5.75 Å². The van der Waals surface area contributed by atoms with Gasteiger partial charge in [0.15, 0.2) is 0 Å². The SMILES string of the molecule is CCCC(=O)N1CCN(c2cccc(OC(F)(F)F)c2)CC1. The zero-order valence-electron chi connectivity index (χ0n) is 12.4. The summed E-state index contributed by atoms with van der Waals surface area (Å²) in [5.41, 5.74) is 0.671. The number of benzene rings is 1. The second-order valence-corrected chi connectivity index (χ2v) is 5.16. The zero-order chi connectivity index (χ0) is 16.2. The van der Waals surface area contributed by atoms with Crippen molar-refractivity contribution in [3.05, 3.63) is 24.3 Å². The fraction of sp³-hybridized carbons (Fsp3) is 0.533. The molecule has 1 heterocycles. The lowest BCUT2D eigenvalue weighted by Gasteiger charge is -2.36. The van der Waals surface area contributed by atoms with E-state index in [1.54, 1.807) is 11.0 Å². The molecule has 0 N–H and O–H groups in total. The van der Waals surface area contributed by atoms with E-state index < -0.39 is 6.36 Å². The zero-order valence-corrected chi connectivity index (χ0v) is 12.4. The maximum absolute atomic E-state index is 12.2. The van der Waals surface area contributed by atoms with Crippen LogP contribution in [0.1, 0.15) is 19.8 Å². The van der Waals surface area contributed by atoms with Crippen LogP contribution in [0.5, 0.6) is 5.75 Å². The number of anilines is 1. The first-order valence-electron chi connectivity index (χ1n) is 7.27. The van der Waals surface area contributed by atoms with Crippen molar-refractivity contribution >= 4 is 11.6 Å². The predicted molar refractivity (Wildman–Crippen MR) is 76.8 cm³/mol. The summed E-state index contributed by atoms with van der Waals surface area (Å²) >= 11 is 0. The van der Waals surface area contributed by atoms with Gasteiger partial charge in [0.25, 0.3) is 0 Å². The quantitative estimate of drug-likeness (QED) is 0.856. The lowest BCUT2D eigenvalue weighted by Crippen LogP contribution is -2.48. The summed E-state index contributed by atoms with van der Waals surface area (Å²) < 4.78 is 40.7. The molecule has 2 rings (SSSR count). The van der Waals surface area contributed by atoms with E-state index >= 15 is 0 Å². The summed E-state index contributed by atoms with van der Waals surface area (Å²) in [6, 6.07) is 5.92. The molecule has 0 bridgehead atoms. The van der Waals surface area contributed by atoms with Crippen LogP contribution in [0.15, 0.2) is 24.3 Å². The van der Waals surface area contributed by atoms with Crippen LogP contribution in [0.2, 0.25) is 0 Å². The monoisotopic (exact) mass is 316 g/mol. The van der Waals surface area contributed by atoms with Crippen LogP contribution in [0, 0.1) is 0 Å². The second kappa shape index (κ2) is 6.89. The number of carbonyl (C=O) groups excluding carboxylic acids is 1. The van der Waals surface area contributed by atoms with E-state index in [9.17, 15) is 18.0 Å². The Kier molecular flexibility index (Phi) is 5.15. The number of hydrogen-bond acceptors (Lipinski definition) is 3. The van der Waals surface area contributed by atoms with Crippen LogP contribution in [-0.4, -0.2) is 43.3 Å². The number of rotatable bonds is 4. The lowest BCUT2D eigenvalue weighted by atomic mass is 10.2. The molecule has 0 atom stereocenters. The van der Waals surface area contributed by atoms with Crippen molar-refractivity contribution in [2.24, 2.45) is 0 Å². The van der Waals surface area contributed by atoms with Crippen molar-refractivity contribution in [3.63, 3.8) is 0 Å². The second-order valence-electron chi connectivity index (χ2n) is 5.16. The maximum atomic E-state index is 12.2. The number of amides is 1. The van der Waals surface area contributed by atoms with Gasteiger partial charge in [0.1, 0.15) is 5.75 Å². The average Bonchev–Trinajstić information content (AvgIpc) is 2.46. The van der Waals surface area contributed by atoms with Crippen molar-refractivity contribution in [2.45, 2.75) is 26.1 Å². The number of carbonyl (C=O) groups is 1. The van der Waals surface area contributed by atoms with E-state index in [-0.39, 0.29) is 11.7 Å². The highest BCUT2D eigenvalue weighted by Gasteiger charge is 2.31. The highest BCUT2D eigenvalue weighted by atomic mass is 19.4. The molecular weight excluding hydrogens is 297 g/mol. The van der Waals surface area contributed by atoms with Gasteiger partial charge in [-0.1, -0.05) is 13.0 Å². The van der Waals surface area contributed by atoms with Crippen molar-refractivity contribution in [1.82, 2.24) is 4.90 Å². The molecule has 1 saturated heterocycles. The fourth-order valence-corrected chi connectivity index (χ4v) is 2.46. The van der Waals surface area contributed by atoms with Crippen LogP contribution in [0.3, 0.4) is 0 Å². The number of nitrogens with zero attached hydrogens (tertiary/aromatic N) is 2. The van der Waals surface area contributed by atoms with Crippen molar-refractivity contribution < 1.29 is 22.7 Å². The largest absolute Gasteiger partial charge is 0.573 e. The average molecular weight is 316 g/mol. The van der Waals surface area contributed by atoms with Gasteiger partial charge in [0.05, 0.1) is 0 Å². The number of hydrogen-bond donors (Lipinski definition) is 0. The standard InChI is InChI=1S/C15H19F3N2O2/c1-2-4-14(21)20-9-7-19(8-10-20)12-5-3-6-13(11-12)22-15(16,17)18/h3,5-6,11H,2,4,7-10H2,1H3. The molecule has 0 spiro atoms. The number of alkyl halides is 3. The molecule has 122 valence electrons. The summed E-state index contributed by atoms with van der Waals surface area (Å²) in [6.07, 6.45) is -3.34. The van der Waals surface area contributed by atoms with E-state index in [0.717, 1.165) is 6.42 Å². The first-order chi connectivity index (χ1) is 10.4. The highest BCUT2D eigenvalue weighted by molar-refractivity contribution is 5.76. The molecule has 0 saturated carbocycles. The molecule has 1 aliphatic heterocycles. The summed E-state index contributed by atoms with van der Waals surface area (Å²) in [7, 11) is 0. The van der Waals surface area contributed by atoms with Gasteiger partial charge in [0.2, 0.25) is 5.91 Å². The smallest absolute Gasteiger partial charge is 0.406 e. The minimum Gasteiger partial charge on any atom is -0.406 e. The van der Waals surface area contributed by atoms with Gasteiger partial charge >= 0.3 is 6.36 Å². The van der Waals surface area contributed by atoms with Crippen molar-refractivity contribution in [1.29, 1.82) is 0 Å². The molecule has 7 heteroatoms. The molecule has 1 aromatic rings. The minimum atomic E-state index is -4.69. The first kappa shape index (κ1) is 16.5. The Morgan fingerprint density at radius 2 is 1.91 bits per heavy atom. The van der Waals surface area contributed by atoms with Crippen LogP contribution in [0.25, 0.3) is 0 Å². The van der Waals surface area contributed by atoms with E-state index in [4.69, 9.17) is 0 Å². The van der Waals surface area contributed by atoms with E-state index in [1.165, 1.54) is 18.2 Å². The third-order valence-corrected chi connectivity index (χ3v) is 3.51. The van der Waals surface area contributed by atoms with Gasteiger partial charge in [-0.15, -0.1) is 13.2 Å². The molecule has 1 aromatic carbocycles. The molecule has 1 amide bonds. The summed E-state index contributed by atoms with van der Waals surface area (Å²) in [4.78, 5) is 15.6. The Hall–Kier alpha value is -1.92. The van der Waals surface area contributed by atoms with Crippen molar-refractivity contribution in [2.75, 3.05) is 31.1 Å². The van der Waals surface area contributed by atoms with Crippen LogP contribution >= 0.6 is 0 Å². The van der Waals surface area contributed by atoms with Gasteiger partial charge in [-0.05, 0) is 18.6 Å². The Morgan fingerprint density at radius 3 is 2.50 bits per heavy atom. The normalized spacial score (nSPS) is 15.8. The molecule has 0 aliphatic carbocycles. The first-order valence-corrected chi connectivity index (χ1v) is 7.27. The van der Waals surface area contributed by atoms with Gasteiger partial charge in [-0.25, -0.2) is 0 Å². The molecule has 4 nitrogen and oxygen atoms in total. The Morgan fingerprint density at radius 1 is 1.23 bits per heavy atom. The van der Waals surface area contributed by atoms with E-state index in [2.05, 4.69) is 4.74 Å². The van der Waals surface area contributed by atoms with E-state index in [0.29, 0.717) is 38.3 Å². The fourth-order valence-electron chi connectivity index (χ4n) is 2.46. The number of ether oxygens (including phenoxy) is 1. The van der Waals surface area contributed by atoms with Gasteiger partial charge < -0.3 is 14.5 Å². The minimum absolute atomic E-state index is 0.135. The third-order valence-electron chi connectivity index (χ3n) is 3.51. The van der Waals surface area contributed by atoms with Crippen LogP contribution in [0.4, 0.5) is 18.9 Å². The molecule has 0 radical (unpaired) electrons. The summed E-state index contributed by atoms with van der Waals surface area (Å²) in [5.74, 6) is -0.0919. The molecule has 0 unspecified atom stereocenters. The Bertz CT molecular complexity index is 512. The molecule has 22 heavy (non-hydrogen) atoms. The third kappa shape index (κ3) is 4.54. The number of halogens is 3. The Balaban J connectivity index is 1.96. The topological polar surface area (TPSA) is 32.8 Å². The van der Waals surface area contributed by atoms with E-state index in [1.807, 2.05) is 11.8 Å². The Labute approximate surface area is 127 Å². The predicted octanol–water partition coefficient (Wildman–Crippen LogP) is 3.03. The molecule has 1 aliphatic rings. The number of piperazine rings is 1. The van der Waals surface area contributed by atoms with Crippen LogP contribution < -0.4 is 9.64 Å². The molecular formula is C15H19F3N2O2. The maximum Gasteiger partial charge on any atom is 0.573 e. The lowest BCUT2D eigenvalue weighted by molar-refractivity contribution is -0.274. The van der Waals surface area contributed by atoms with Gasteiger partial charge in [0, 0.05) is 44.4 Å². The van der Waals surface area contributed by atoms with Gasteiger partial charge in [-0.2, -0.15) is 0 Å². The molecule has 0 aromatic heterocycles. The van der Waals surface area contributed by atoms with Crippen LogP contribution in [-0.2, 0) is 4.79 Å². The highest BCUT2D eigenvalue weighted by Crippen LogP contribution is 2.27. The summed E-state index contributed by atoms with van der Waals surface area (Å²) in [6.45, 7) is 4.34. The summed E-state index contributed by atoms with van der Waals surface area (Å²) in [5, 5.41) is 0.